The molecule has 0 atom stereocenters. The molecule has 4 rings (SSSR count). The Kier molecular flexibility index (Phi) is 2.64. The standard InChI is InChI=1S/C15H9N3O3S/c19-13(9-5-3-7-22-9)12-11-10(14(20)17-15(21)16-11)8-4-1-2-6-18(8)12/h1-7H,(H2,16,17,20,21). The molecule has 0 amide bonds. The van der Waals surface area contributed by atoms with E-state index in [1.165, 1.54) is 11.3 Å². The van der Waals surface area contributed by atoms with Crippen LogP contribution < -0.4 is 11.2 Å². The van der Waals surface area contributed by atoms with Crippen molar-refractivity contribution in [3.8, 4) is 0 Å². The normalized spacial score (nSPS) is 11.3. The maximum absolute atomic E-state index is 12.8. The molecule has 0 radical (unpaired) electrons. The van der Waals surface area contributed by atoms with Crippen molar-refractivity contribution in [2.24, 2.45) is 0 Å². The van der Waals surface area contributed by atoms with Crippen molar-refractivity contribution in [2.45, 2.75) is 0 Å². The number of hydrogen-bond acceptors (Lipinski definition) is 4. The van der Waals surface area contributed by atoms with E-state index in [0.29, 0.717) is 15.8 Å². The number of ketones is 1. The van der Waals surface area contributed by atoms with Gasteiger partial charge >= 0.3 is 5.69 Å². The number of aromatic amines is 2. The van der Waals surface area contributed by atoms with Gasteiger partial charge in [0.25, 0.3) is 5.56 Å². The highest BCUT2D eigenvalue weighted by molar-refractivity contribution is 7.12. The van der Waals surface area contributed by atoms with Crippen LogP contribution in [0, 0.1) is 0 Å². The van der Waals surface area contributed by atoms with Crippen LogP contribution in [0.1, 0.15) is 15.4 Å². The molecule has 0 saturated carbocycles. The molecule has 0 aliphatic carbocycles. The van der Waals surface area contributed by atoms with Gasteiger partial charge in [-0.15, -0.1) is 11.3 Å². The molecule has 108 valence electrons. The Balaban J connectivity index is 2.23. The van der Waals surface area contributed by atoms with Crippen LogP contribution in [0.25, 0.3) is 16.4 Å². The number of carbonyl (C=O) groups is 1. The minimum Gasteiger partial charge on any atom is -0.311 e. The van der Waals surface area contributed by atoms with Crippen molar-refractivity contribution < 1.29 is 4.79 Å². The first kappa shape index (κ1) is 12.8. The first-order valence-electron chi connectivity index (χ1n) is 6.50. The number of pyridine rings is 1. The number of hydrogen-bond donors (Lipinski definition) is 2. The topological polar surface area (TPSA) is 87.2 Å². The number of nitrogens with zero attached hydrogens (tertiary/aromatic N) is 1. The lowest BCUT2D eigenvalue weighted by Crippen LogP contribution is -2.21. The van der Waals surface area contributed by atoms with E-state index in [-0.39, 0.29) is 17.0 Å². The number of carbonyl (C=O) groups excluding carboxylic acids is 1. The van der Waals surface area contributed by atoms with Crippen LogP contribution in [0.4, 0.5) is 0 Å². The van der Waals surface area contributed by atoms with E-state index in [9.17, 15) is 14.4 Å². The van der Waals surface area contributed by atoms with Gasteiger partial charge in [0, 0.05) is 6.20 Å². The van der Waals surface area contributed by atoms with Crippen LogP contribution in [0.15, 0.2) is 51.5 Å². The zero-order chi connectivity index (χ0) is 15.3. The maximum atomic E-state index is 12.8. The van der Waals surface area contributed by atoms with Crippen LogP contribution in [-0.4, -0.2) is 20.2 Å². The van der Waals surface area contributed by atoms with Crippen LogP contribution in [0.2, 0.25) is 0 Å². The van der Waals surface area contributed by atoms with Gasteiger partial charge in [0.2, 0.25) is 5.78 Å². The van der Waals surface area contributed by atoms with Gasteiger partial charge in [-0.3, -0.25) is 14.6 Å². The Labute approximate surface area is 126 Å². The molecule has 0 aliphatic rings. The Morgan fingerprint density at radius 2 is 1.95 bits per heavy atom. The largest absolute Gasteiger partial charge is 0.326 e. The smallest absolute Gasteiger partial charge is 0.311 e. The molecule has 2 N–H and O–H groups in total. The van der Waals surface area contributed by atoms with Crippen molar-refractivity contribution in [2.75, 3.05) is 0 Å². The summed E-state index contributed by atoms with van der Waals surface area (Å²) in [7, 11) is 0. The van der Waals surface area contributed by atoms with Crippen LogP contribution in [0.3, 0.4) is 0 Å². The highest BCUT2D eigenvalue weighted by Gasteiger charge is 2.22. The lowest BCUT2D eigenvalue weighted by Gasteiger charge is -2.00. The molecule has 4 heterocycles. The lowest BCUT2D eigenvalue weighted by molar-refractivity contribution is 0.103. The summed E-state index contributed by atoms with van der Waals surface area (Å²) in [5.41, 5.74) is -0.00850. The summed E-state index contributed by atoms with van der Waals surface area (Å²) < 4.78 is 1.64. The molecule has 22 heavy (non-hydrogen) atoms. The third kappa shape index (κ3) is 1.69. The highest BCUT2D eigenvalue weighted by atomic mass is 32.1. The number of rotatable bonds is 2. The van der Waals surface area contributed by atoms with Gasteiger partial charge in [0.1, 0.15) is 5.69 Å². The van der Waals surface area contributed by atoms with E-state index in [1.54, 1.807) is 46.3 Å². The summed E-state index contributed by atoms with van der Waals surface area (Å²) in [6.07, 6.45) is 1.70. The average Bonchev–Trinajstić information content (AvgIpc) is 3.12. The summed E-state index contributed by atoms with van der Waals surface area (Å²) in [5, 5.41) is 2.11. The van der Waals surface area contributed by atoms with Gasteiger partial charge in [-0.2, -0.15) is 0 Å². The van der Waals surface area contributed by atoms with E-state index in [4.69, 9.17) is 0 Å². The van der Waals surface area contributed by atoms with Crippen molar-refractivity contribution in [3.05, 3.63) is 73.3 Å². The van der Waals surface area contributed by atoms with Gasteiger partial charge < -0.3 is 9.38 Å². The van der Waals surface area contributed by atoms with E-state index >= 15 is 0 Å². The fraction of sp³-hybridized carbons (Fsp3) is 0. The predicted molar refractivity (Wildman–Crippen MR) is 83.9 cm³/mol. The highest BCUT2D eigenvalue weighted by Crippen LogP contribution is 2.25. The first-order valence-corrected chi connectivity index (χ1v) is 7.38. The molecule has 7 heteroatoms. The van der Waals surface area contributed by atoms with Crippen LogP contribution in [0.5, 0.6) is 0 Å². The molecule has 4 aromatic rings. The van der Waals surface area contributed by atoms with Gasteiger partial charge in [-0.1, -0.05) is 12.1 Å². The molecular weight excluding hydrogens is 302 g/mol. The number of H-pyrrole nitrogens is 2. The third-order valence-corrected chi connectivity index (χ3v) is 4.37. The second kappa shape index (κ2) is 4.54. The summed E-state index contributed by atoms with van der Waals surface area (Å²) in [6.45, 7) is 0. The van der Waals surface area contributed by atoms with Crippen LogP contribution in [-0.2, 0) is 0 Å². The molecule has 4 aromatic heterocycles. The molecule has 0 spiro atoms. The second-order valence-corrected chi connectivity index (χ2v) is 5.72. The zero-order valence-corrected chi connectivity index (χ0v) is 11.9. The number of aromatic nitrogens is 3. The average molecular weight is 311 g/mol. The summed E-state index contributed by atoms with van der Waals surface area (Å²) in [5.74, 6) is -0.229. The molecule has 0 unspecified atom stereocenters. The minimum absolute atomic E-state index is 0.229. The fourth-order valence-corrected chi connectivity index (χ4v) is 3.28. The monoisotopic (exact) mass is 311 g/mol. The van der Waals surface area contributed by atoms with E-state index < -0.39 is 11.2 Å². The number of nitrogens with one attached hydrogen (secondary N) is 2. The fourth-order valence-electron chi connectivity index (χ4n) is 2.62. The molecule has 0 saturated heterocycles. The van der Waals surface area contributed by atoms with E-state index in [2.05, 4.69) is 9.97 Å². The summed E-state index contributed by atoms with van der Waals surface area (Å²) in [4.78, 5) is 41.9. The zero-order valence-electron chi connectivity index (χ0n) is 11.1. The van der Waals surface area contributed by atoms with Gasteiger partial charge in [-0.05, 0) is 23.6 Å². The van der Waals surface area contributed by atoms with E-state index in [0.717, 1.165) is 0 Å². The Hall–Kier alpha value is -2.93. The number of fused-ring (bicyclic) bond motifs is 3. The molecule has 0 aromatic carbocycles. The van der Waals surface area contributed by atoms with E-state index in [1.807, 2.05) is 0 Å². The third-order valence-electron chi connectivity index (χ3n) is 3.50. The van der Waals surface area contributed by atoms with Crippen molar-refractivity contribution in [3.63, 3.8) is 0 Å². The van der Waals surface area contributed by atoms with Crippen molar-refractivity contribution >= 4 is 33.5 Å². The van der Waals surface area contributed by atoms with Crippen LogP contribution >= 0.6 is 11.3 Å². The second-order valence-electron chi connectivity index (χ2n) is 4.77. The SMILES string of the molecule is O=C(c1cccs1)c1c2[nH]c(=O)[nH]c(=O)c2c2ccccn12. The Morgan fingerprint density at radius 3 is 2.73 bits per heavy atom. The van der Waals surface area contributed by atoms with Crippen molar-refractivity contribution in [1.82, 2.24) is 14.4 Å². The Morgan fingerprint density at radius 1 is 1.09 bits per heavy atom. The molecule has 0 aliphatic heterocycles. The van der Waals surface area contributed by atoms with Gasteiger partial charge in [0.05, 0.1) is 21.3 Å². The molecular formula is C15H9N3O3S. The molecule has 0 fully saturated rings. The predicted octanol–water partition coefficient (Wildman–Crippen LogP) is 1.76. The van der Waals surface area contributed by atoms with Gasteiger partial charge in [0.15, 0.2) is 0 Å². The maximum Gasteiger partial charge on any atom is 0.326 e. The quantitative estimate of drug-likeness (QED) is 0.553. The van der Waals surface area contributed by atoms with Crippen molar-refractivity contribution in [1.29, 1.82) is 0 Å². The molecule has 6 nitrogen and oxygen atoms in total. The molecule has 0 bridgehead atoms. The lowest BCUT2D eigenvalue weighted by atomic mass is 10.2. The number of thiophene rings is 1. The minimum atomic E-state index is -0.631. The summed E-state index contributed by atoms with van der Waals surface area (Å²) >= 11 is 1.31. The first-order chi connectivity index (χ1) is 10.7. The van der Waals surface area contributed by atoms with Gasteiger partial charge in [-0.25, -0.2) is 4.79 Å². The summed E-state index contributed by atoms with van der Waals surface area (Å²) in [6, 6.07) is 8.78. The Bertz CT molecular complexity index is 1130.